The van der Waals surface area contributed by atoms with E-state index in [4.69, 9.17) is 4.52 Å². The Labute approximate surface area is 167 Å². The maximum Gasteiger partial charge on any atom is 0.276 e. The van der Waals surface area contributed by atoms with Gasteiger partial charge in [0.1, 0.15) is 5.69 Å². The molecule has 0 spiro atoms. The quantitative estimate of drug-likeness (QED) is 0.522. The van der Waals surface area contributed by atoms with Crippen LogP contribution in [0, 0.1) is 0 Å². The normalized spacial score (nSPS) is 15.1. The highest BCUT2D eigenvalue weighted by Crippen LogP contribution is 2.22. The van der Waals surface area contributed by atoms with E-state index in [1.165, 1.54) is 5.00 Å². The van der Waals surface area contributed by atoms with Crippen molar-refractivity contribution < 1.29 is 4.52 Å². The first-order valence-corrected chi connectivity index (χ1v) is 10.2. The van der Waals surface area contributed by atoms with Crippen LogP contribution in [0.1, 0.15) is 5.82 Å². The van der Waals surface area contributed by atoms with Crippen LogP contribution in [0.15, 0.2) is 51.4 Å². The molecule has 0 bridgehead atoms. The molecule has 4 rings (SSSR count). The van der Waals surface area contributed by atoms with Gasteiger partial charge in [-0.05, 0) is 29.6 Å². The number of hydrogen-bond donors (Lipinski definition) is 1. The number of hydrogen-bond acceptors (Lipinski definition) is 7. The van der Waals surface area contributed by atoms with Crippen molar-refractivity contribution in [2.75, 3.05) is 44.7 Å². The van der Waals surface area contributed by atoms with E-state index in [0.29, 0.717) is 30.4 Å². The zero-order valence-electron chi connectivity index (χ0n) is 15.8. The van der Waals surface area contributed by atoms with Gasteiger partial charge >= 0.3 is 0 Å². The minimum Gasteiger partial charge on any atom is -0.360 e. The largest absolute Gasteiger partial charge is 0.360 e. The van der Waals surface area contributed by atoms with Crippen LogP contribution in [0.4, 0.5) is 5.00 Å². The van der Waals surface area contributed by atoms with Gasteiger partial charge in [0.15, 0.2) is 11.8 Å². The fraction of sp³-hybridized carbons (Fsp3) is 0.368. The van der Waals surface area contributed by atoms with Crippen LogP contribution in [0.2, 0.25) is 0 Å². The van der Waals surface area contributed by atoms with Gasteiger partial charge < -0.3 is 19.6 Å². The molecule has 0 saturated carbocycles. The summed E-state index contributed by atoms with van der Waals surface area (Å²) in [6.07, 6.45) is 2.37. The maximum absolute atomic E-state index is 5.30. The van der Waals surface area contributed by atoms with E-state index in [-0.39, 0.29) is 0 Å². The minimum atomic E-state index is 0.449. The van der Waals surface area contributed by atoms with E-state index in [2.05, 4.69) is 52.7 Å². The predicted molar refractivity (Wildman–Crippen MR) is 111 cm³/mol. The molecule has 0 aliphatic carbocycles. The number of anilines is 1. The first-order chi connectivity index (χ1) is 13.8. The summed E-state index contributed by atoms with van der Waals surface area (Å²) in [5, 5.41) is 10.9. The first kappa shape index (κ1) is 18.4. The summed E-state index contributed by atoms with van der Waals surface area (Å²) >= 11 is 1.79. The number of pyridine rings is 1. The Hall–Kier alpha value is -2.94. The van der Waals surface area contributed by atoms with E-state index in [1.54, 1.807) is 17.5 Å². The number of nitrogens with one attached hydrogen (secondary N) is 1. The Balaban J connectivity index is 1.26. The Morgan fingerprint density at radius 2 is 2.11 bits per heavy atom. The number of nitrogens with zero attached hydrogens (tertiary/aromatic N) is 6. The van der Waals surface area contributed by atoms with Crippen molar-refractivity contribution in [3.05, 3.63) is 47.7 Å². The van der Waals surface area contributed by atoms with E-state index >= 15 is 0 Å². The van der Waals surface area contributed by atoms with Crippen molar-refractivity contribution in [2.24, 2.45) is 4.99 Å². The van der Waals surface area contributed by atoms with Crippen molar-refractivity contribution in [3.8, 4) is 11.6 Å². The lowest BCUT2D eigenvalue weighted by atomic mass is 10.3. The molecular weight excluding hydrogens is 374 g/mol. The van der Waals surface area contributed by atoms with Crippen LogP contribution in [0.3, 0.4) is 0 Å². The van der Waals surface area contributed by atoms with Crippen LogP contribution in [0.25, 0.3) is 11.6 Å². The molecule has 4 heterocycles. The molecule has 3 aromatic heterocycles. The van der Waals surface area contributed by atoms with Gasteiger partial charge in [-0.3, -0.25) is 9.98 Å². The highest BCUT2D eigenvalue weighted by atomic mass is 32.1. The molecule has 28 heavy (non-hydrogen) atoms. The van der Waals surface area contributed by atoms with Crippen LogP contribution < -0.4 is 10.2 Å². The highest BCUT2D eigenvalue weighted by Gasteiger charge is 2.20. The fourth-order valence-electron chi connectivity index (χ4n) is 3.16. The second-order valence-corrected chi connectivity index (χ2v) is 7.31. The van der Waals surface area contributed by atoms with Gasteiger partial charge in [-0.25, -0.2) is 0 Å². The van der Waals surface area contributed by atoms with Crippen LogP contribution in [-0.2, 0) is 6.42 Å². The summed E-state index contributed by atoms with van der Waals surface area (Å²) < 4.78 is 5.30. The number of aromatic nitrogens is 3. The number of piperazine rings is 1. The van der Waals surface area contributed by atoms with Crippen LogP contribution in [0.5, 0.6) is 0 Å². The van der Waals surface area contributed by atoms with E-state index in [1.807, 2.05) is 25.2 Å². The lowest BCUT2D eigenvalue weighted by Gasteiger charge is -2.37. The second-order valence-electron chi connectivity index (χ2n) is 6.38. The highest BCUT2D eigenvalue weighted by molar-refractivity contribution is 7.14. The number of rotatable bonds is 5. The van der Waals surface area contributed by atoms with Crippen LogP contribution in [-0.4, -0.2) is 65.8 Å². The zero-order valence-corrected chi connectivity index (χ0v) is 16.6. The third-order valence-corrected chi connectivity index (χ3v) is 5.52. The van der Waals surface area contributed by atoms with Gasteiger partial charge in [0, 0.05) is 52.4 Å². The van der Waals surface area contributed by atoms with Crippen molar-refractivity contribution >= 4 is 22.3 Å². The van der Waals surface area contributed by atoms with Crippen LogP contribution >= 0.6 is 11.3 Å². The molecule has 3 aromatic rings. The van der Waals surface area contributed by atoms with Gasteiger partial charge in [-0.2, -0.15) is 4.98 Å². The monoisotopic (exact) mass is 397 g/mol. The SMILES string of the molecule is CN=C(NCCc1noc(-c2ccccn2)n1)N1CCN(c2cccs2)CC1. The number of thiophene rings is 1. The molecule has 0 atom stereocenters. The molecule has 8 nitrogen and oxygen atoms in total. The van der Waals surface area contributed by atoms with E-state index in [0.717, 1.165) is 32.1 Å². The first-order valence-electron chi connectivity index (χ1n) is 9.31. The van der Waals surface area contributed by atoms with Crippen molar-refractivity contribution in [1.82, 2.24) is 25.3 Å². The van der Waals surface area contributed by atoms with Crippen molar-refractivity contribution in [3.63, 3.8) is 0 Å². The molecule has 1 fully saturated rings. The summed E-state index contributed by atoms with van der Waals surface area (Å²) in [4.78, 5) is 17.8. The average molecular weight is 398 g/mol. The van der Waals surface area contributed by atoms with Gasteiger partial charge in [-0.15, -0.1) is 11.3 Å². The number of aliphatic imine (C=N–C) groups is 1. The summed E-state index contributed by atoms with van der Waals surface area (Å²) in [6, 6.07) is 9.89. The fourth-order valence-corrected chi connectivity index (χ4v) is 3.94. The summed E-state index contributed by atoms with van der Waals surface area (Å²) in [6.45, 7) is 4.59. The third kappa shape index (κ3) is 4.30. The molecule has 0 amide bonds. The topological polar surface area (TPSA) is 82.7 Å². The summed E-state index contributed by atoms with van der Waals surface area (Å²) in [7, 11) is 1.82. The van der Waals surface area contributed by atoms with Gasteiger partial charge in [-0.1, -0.05) is 11.2 Å². The number of guanidine groups is 1. The van der Waals surface area contributed by atoms with Crippen molar-refractivity contribution in [1.29, 1.82) is 0 Å². The summed E-state index contributed by atoms with van der Waals surface area (Å²) in [5.74, 6) is 2.02. The molecule has 146 valence electrons. The van der Waals surface area contributed by atoms with Crippen molar-refractivity contribution in [2.45, 2.75) is 6.42 Å². The molecule has 1 aliphatic rings. The standard InChI is InChI=1S/C19H23N7OS/c1-20-19(26-12-10-25(11-13-26)17-6-4-14-28-17)22-9-7-16-23-18(27-24-16)15-5-2-3-8-21-15/h2-6,8,14H,7,9-13H2,1H3,(H,20,22). The molecule has 0 unspecified atom stereocenters. The molecule has 1 saturated heterocycles. The van der Waals surface area contributed by atoms with Gasteiger partial charge in [0.25, 0.3) is 5.89 Å². The molecule has 1 aliphatic heterocycles. The van der Waals surface area contributed by atoms with Gasteiger partial charge in [0.05, 0.1) is 5.00 Å². The smallest absolute Gasteiger partial charge is 0.276 e. The second kappa shape index (κ2) is 8.83. The molecule has 0 radical (unpaired) electrons. The zero-order chi connectivity index (χ0) is 19.2. The maximum atomic E-state index is 5.30. The molecule has 1 N–H and O–H groups in total. The predicted octanol–water partition coefficient (Wildman–Crippen LogP) is 2.13. The molecular formula is C19H23N7OS. The Kier molecular flexibility index (Phi) is 5.81. The van der Waals surface area contributed by atoms with Gasteiger partial charge in [0.2, 0.25) is 0 Å². The van der Waals surface area contributed by atoms with E-state index < -0.39 is 0 Å². The average Bonchev–Trinajstić information content (AvgIpc) is 3.45. The lowest BCUT2D eigenvalue weighted by molar-refractivity contribution is 0.373. The van der Waals surface area contributed by atoms with E-state index in [9.17, 15) is 0 Å². The summed E-state index contributed by atoms with van der Waals surface area (Å²) in [5.41, 5.74) is 0.689. The lowest BCUT2D eigenvalue weighted by Crippen LogP contribution is -2.52. The Morgan fingerprint density at radius 3 is 2.82 bits per heavy atom. The Morgan fingerprint density at radius 1 is 1.21 bits per heavy atom. The Bertz CT molecular complexity index is 886. The third-order valence-electron chi connectivity index (χ3n) is 4.59. The minimum absolute atomic E-state index is 0.449. The molecule has 9 heteroatoms. The molecule has 0 aromatic carbocycles.